The molecule has 1 aromatic heterocycles. The van der Waals surface area contributed by atoms with Gasteiger partial charge in [0.1, 0.15) is 5.69 Å². The third-order valence-corrected chi connectivity index (χ3v) is 4.15. The maximum Gasteiger partial charge on any atom is 0.331 e. The Bertz CT molecular complexity index is 1030. The lowest BCUT2D eigenvalue weighted by atomic mass is 10.1. The number of aromatic nitrogens is 3. The molecule has 0 aliphatic carbocycles. The second-order valence-corrected chi connectivity index (χ2v) is 6.63. The second-order valence-electron chi connectivity index (χ2n) is 6.63. The van der Waals surface area contributed by atoms with E-state index in [1.165, 1.54) is 12.2 Å². The van der Waals surface area contributed by atoms with Crippen LogP contribution >= 0.6 is 0 Å². The molecule has 7 nitrogen and oxygen atoms in total. The summed E-state index contributed by atoms with van der Waals surface area (Å²) in [5, 5.41) is 10.8. The van der Waals surface area contributed by atoms with E-state index >= 15 is 0 Å². The van der Waals surface area contributed by atoms with Crippen LogP contribution in [0.4, 0.5) is 5.69 Å². The zero-order valence-corrected chi connectivity index (χ0v) is 16.3. The van der Waals surface area contributed by atoms with Gasteiger partial charge in [-0.25, -0.2) is 9.48 Å². The molecule has 0 aliphatic rings. The molecular weight excluding hydrogens is 368 g/mol. The standard InChI is InChI=1S/C22H22N4O3/c1-16-8-9-17(2)20(12-16)23-21(27)15-29-22(28)11-10-19-14-26(25-24-19)13-18-6-4-3-5-7-18/h3-12,14H,13,15H2,1-2H3,(H,23,27)/b11-10+. The number of nitrogens with zero attached hydrogens (tertiary/aromatic N) is 3. The highest BCUT2D eigenvalue weighted by Crippen LogP contribution is 2.16. The van der Waals surface area contributed by atoms with Crippen LogP contribution in [0.15, 0.2) is 60.8 Å². The van der Waals surface area contributed by atoms with E-state index in [1.807, 2.05) is 62.4 Å². The number of carbonyl (C=O) groups excluding carboxylic acids is 2. The van der Waals surface area contributed by atoms with Crippen LogP contribution in [0, 0.1) is 13.8 Å². The molecule has 29 heavy (non-hydrogen) atoms. The first-order valence-electron chi connectivity index (χ1n) is 9.15. The fourth-order valence-corrected chi connectivity index (χ4v) is 2.63. The molecule has 3 rings (SSSR count). The normalized spacial score (nSPS) is 10.8. The molecule has 3 aromatic rings. The first-order chi connectivity index (χ1) is 14.0. The third kappa shape index (κ3) is 6.14. The number of anilines is 1. The lowest BCUT2D eigenvalue weighted by Crippen LogP contribution is -2.20. The summed E-state index contributed by atoms with van der Waals surface area (Å²) in [6.07, 6.45) is 4.45. The quantitative estimate of drug-likeness (QED) is 0.495. The fraction of sp³-hybridized carbons (Fsp3) is 0.182. The second kappa shape index (κ2) is 9.45. The Kier molecular flexibility index (Phi) is 6.52. The van der Waals surface area contributed by atoms with E-state index in [0.717, 1.165) is 16.7 Å². The Hall–Kier alpha value is -3.74. The predicted molar refractivity (Wildman–Crippen MR) is 110 cm³/mol. The van der Waals surface area contributed by atoms with Gasteiger partial charge >= 0.3 is 5.97 Å². The van der Waals surface area contributed by atoms with Gasteiger partial charge in [-0.3, -0.25) is 4.79 Å². The number of hydrogen-bond donors (Lipinski definition) is 1. The first kappa shape index (κ1) is 20.0. The highest BCUT2D eigenvalue weighted by Gasteiger charge is 2.08. The van der Waals surface area contributed by atoms with Crippen molar-refractivity contribution in [1.82, 2.24) is 15.0 Å². The molecule has 1 heterocycles. The third-order valence-electron chi connectivity index (χ3n) is 4.15. The summed E-state index contributed by atoms with van der Waals surface area (Å²) in [6, 6.07) is 15.6. The first-order valence-corrected chi connectivity index (χ1v) is 9.15. The van der Waals surface area contributed by atoms with Crippen molar-refractivity contribution in [3.8, 4) is 0 Å². The fourth-order valence-electron chi connectivity index (χ4n) is 2.63. The van der Waals surface area contributed by atoms with Gasteiger partial charge in [0.05, 0.1) is 12.7 Å². The molecule has 0 unspecified atom stereocenters. The largest absolute Gasteiger partial charge is 0.452 e. The van der Waals surface area contributed by atoms with Crippen molar-refractivity contribution in [2.75, 3.05) is 11.9 Å². The molecule has 0 atom stereocenters. The van der Waals surface area contributed by atoms with Crippen LogP contribution in [-0.2, 0) is 20.9 Å². The molecule has 7 heteroatoms. The minimum Gasteiger partial charge on any atom is -0.452 e. The minimum atomic E-state index is -0.626. The summed E-state index contributed by atoms with van der Waals surface area (Å²) in [4.78, 5) is 23.8. The van der Waals surface area contributed by atoms with E-state index in [9.17, 15) is 9.59 Å². The molecule has 0 fully saturated rings. The molecule has 0 radical (unpaired) electrons. The highest BCUT2D eigenvalue weighted by molar-refractivity contribution is 5.95. The van der Waals surface area contributed by atoms with Crippen molar-refractivity contribution in [2.45, 2.75) is 20.4 Å². The molecule has 2 aromatic carbocycles. The molecule has 0 saturated carbocycles. The van der Waals surface area contributed by atoms with E-state index in [1.54, 1.807) is 10.9 Å². The number of rotatable bonds is 7. The van der Waals surface area contributed by atoms with Crippen LogP contribution in [0.5, 0.6) is 0 Å². The number of aryl methyl sites for hydroxylation is 2. The Morgan fingerprint density at radius 1 is 1.14 bits per heavy atom. The average molecular weight is 390 g/mol. The Balaban J connectivity index is 1.47. The zero-order chi connectivity index (χ0) is 20.6. The number of amides is 1. The van der Waals surface area contributed by atoms with Gasteiger partial charge in [-0.2, -0.15) is 0 Å². The SMILES string of the molecule is Cc1ccc(C)c(NC(=O)COC(=O)/C=C/c2cn(Cc3ccccc3)nn2)c1. The van der Waals surface area contributed by atoms with Gasteiger partial charge in [0.25, 0.3) is 5.91 Å². The summed E-state index contributed by atoms with van der Waals surface area (Å²) in [7, 11) is 0. The zero-order valence-electron chi connectivity index (χ0n) is 16.3. The van der Waals surface area contributed by atoms with E-state index in [4.69, 9.17) is 4.74 Å². The van der Waals surface area contributed by atoms with Gasteiger partial charge in [0.15, 0.2) is 6.61 Å². The van der Waals surface area contributed by atoms with E-state index in [0.29, 0.717) is 17.9 Å². The number of esters is 1. The number of ether oxygens (including phenoxy) is 1. The van der Waals surface area contributed by atoms with Gasteiger partial charge in [-0.15, -0.1) is 5.10 Å². The van der Waals surface area contributed by atoms with Gasteiger partial charge in [-0.05, 0) is 42.7 Å². The molecule has 0 aliphatic heterocycles. The summed E-state index contributed by atoms with van der Waals surface area (Å²) < 4.78 is 6.66. The summed E-state index contributed by atoms with van der Waals surface area (Å²) >= 11 is 0. The molecular formula is C22H22N4O3. The maximum atomic E-state index is 12.0. The average Bonchev–Trinajstić information content (AvgIpc) is 3.15. The van der Waals surface area contributed by atoms with Crippen molar-refractivity contribution >= 4 is 23.6 Å². The Morgan fingerprint density at radius 2 is 1.93 bits per heavy atom. The number of hydrogen-bond acceptors (Lipinski definition) is 5. The van der Waals surface area contributed by atoms with Crippen molar-refractivity contribution in [3.05, 3.63) is 83.2 Å². The molecule has 1 N–H and O–H groups in total. The van der Waals surface area contributed by atoms with Crippen LogP contribution in [0.25, 0.3) is 6.08 Å². The molecule has 0 spiro atoms. The van der Waals surface area contributed by atoms with Crippen molar-refractivity contribution in [3.63, 3.8) is 0 Å². The van der Waals surface area contributed by atoms with E-state index in [-0.39, 0.29) is 6.61 Å². The lowest BCUT2D eigenvalue weighted by Gasteiger charge is -2.09. The van der Waals surface area contributed by atoms with Crippen LogP contribution in [0.3, 0.4) is 0 Å². The van der Waals surface area contributed by atoms with Gasteiger partial charge in [0.2, 0.25) is 0 Å². The summed E-state index contributed by atoms with van der Waals surface area (Å²) in [6.45, 7) is 4.06. The molecule has 1 amide bonds. The van der Waals surface area contributed by atoms with E-state index < -0.39 is 11.9 Å². The number of benzene rings is 2. The summed E-state index contributed by atoms with van der Waals surface area (Å²) in [5.41, 5.74) is 4.30. The van der Waals surface area contributed by atoms with Crippen molar-refractivity contribution in [1.29, 1.82) is 0 Å². The molecule has 148 valence electrons. The van der Waals surface area contributed by atoms with Crippen molar-refractivity contribution < 1.29 is 14.3 Å². The Labute approximate surface area is 169 Å². The monoisotopic (exact) mass is 390 g/mol. The van der Waals surface area contributed by atoms with E-state index in [2.05, 4.69) is 15.6 Å². The number of nitrogens with one attached hydrogen (secondary N) is 1. The number of carbonyl (C=O) groups is 2. The highest BCUT2D eigenvalue weighted by atomic mass is 16.5. The minimum absolute atomic E-state index is 0.364. The maximum absolute atomic E-state index is 12.0. The van der Waals surface area contributed by atoms with Gasteiger partial charge in [0, 0.05) is 11.8 Å². The van der Waals surface area contributed by atoms with Gasteiger partial charge < -0.3 is 10.1 Å². The molecule has 0 saturated heterocycles. The lowest BCUT2D eigenvalue weighted by molar-refractivity contribution is -0.142. The predicted octanol–water partition coefficient (Wildman–Crippen LogP) is 3.14. The van der Waals surface area contributed by atoms with Crippen LogP contribution in [0.1, 0.15) is 22.4 Å². The van der Waals surface area contributed by atoms with Crippen LogP contribution in [-0.4, -0.2) is 33.5 Å². The topological polar surface area (TPSA) is 86.1 Å². The van der Waals surface area contributed by atoms with Gasteiger partial charge in [-0.1, -0.05) is 47.7 Å². The smallest absolute Gasteiger partial charge is 0.331 e. The summed E-state index contributed by atoms with van der Waals surface area (Å²) in [5.74, 6) is -1.02. The van der Waals surface area contributed by atoms with Crippen molar-refractivity contribution in [2.24, 2.45) is 0 Å². The Morgan fingerprint density at radius 3 is 2.72 bits per heavy atom. The van der Waals surface area contributed by atoms with Crippen LogP contribution in [0.2, 0.25) is 0 Å². The molecule has 0 bridgehead atoms. The van der Waals surface area contributed by atoms with Crippen LogP contribution < -0.4 is 5.32 Å².